The number of carbonyl (C=O) groups excluding carboxylic acids is 3. The van der Waals surface area contributed by atoms with Gasteiger partial charge in [0.1, 0.15) is 12.1 Å². The van der Waals surface area contributed by atoms with Crippen molar-refractivity contribution in [1.29, 1.82) is 0 Å². The van der Waals surface area contributed by atoms with E-state index >= 15 is 0 Å². The summed E-state index contributed by atoms with van der Waals surface area (Å²) < 4.78 is 16.8. The number of ether oxygens (including phenoxy) is 3. The van der Waals surface area contributed by atoms with Crippen LogP contribution >= 0.6 is 0 Å². The summed E-state index contributed by atoms with van der Waals surface area (Å²) in [6, 6.07) is 14.9. The fourth-order valence-electron chi connectivity index (χ4n) is 3.42. The largest absolute Gasteiger partial charge is 0.452 e. The van der Waals surface area contributed by atoms with Gasteiger partial charge in [0.15, 0.2) is 18.4 Å². The van der Waals surface area contributed by atoms with Gasteiger partial charge < -0.3 is 24.6 Å². The Balaban J connectivity index is 1.98. The third-order valence-electron chi connectivity index (χ3n) is 4.89. The maximum atomic E-state index is 12.8. The highest BCUT2D eigenvalue weighted by atomic mass is 16.6. The second kappa shape index (κ2) is 11.1. The van der Waals surface area contributed by atoms with Gasteiger partial charge >= 0.3 is 11.9 Å². The molecule has 1 saturated heterocycles. The first-order valence-corrected chi connectivity index (χ1v) is 10.0. The SMILES string of the molecule is CC(=O)N[C@@H]1[C@@H](OC(=O)c2ccccc2)[C@H](OC(=O)c2ccccc2)[C@@H](CO)O[C@H]1N=[N+]=[N-]. The van der Waals surface area contributed by atoms with Gasteiger partial charge in [-0.05, 0) is 29.8 Å². The Kier molecular flexibility index (Phi) is 7.98. The van der Waals surface area contributed by atoms with Crippen LogP contribution in [0.25, 0.3) is 10.4 Å². The molecule has 11 nitrogen and oxygen atoms in total. The molecule has 2 aromatic carbocycles. The zero-order chi connectivity index (χ0) is 23.8. The van der Waals surface area contributed by atoms with Crippen LogP contribution in [-0.2, 0) is 19.0 Å². The molecule has 172 valence electrons. The van der Waals surface area contributed by atoms with E-state index in [2.05, 4.69) is 15.3 Å². The van der Waals surface area contributed by atoms with Crippen LogP contribution in [0.1, 0.15) is 27.6 Å². The van der Waals surface area contributed by atoms with Gasteiger partial charge in [-0.2, -0.15) is 0 Å². The number of rotatable bonds is 7. The van der Waals surface area contributed by atoms with Crippen LogP contribution in [0.3, 0.4) is 0 Å². The van der Waals surface area contributed by atoms with E-state index in [1.165, 1.54) is 31.2 Å². The molecule has 5 atom stereocenters. The molecule has 11 heteroatoms. The molecule has 0 bridgehead atoms. The summed E-state index contributed by atoms with van der Waals surface area (Å²) >= 11 is 0. The van der Waals surface area contributed by atoms with Crippen molar-refractivity contribution in [3.63, 3.8) is 0 Å². The van der Waals surface area contributed by atoms with Crippen molar-refractivity contribution in [3.8, 4) is 0 Å². The van der Waals surface area contributed by atoms with E-state index in [4.69, 9.17) is 19.7 Å². The van der Waals surface area contributed by atoms with Gasteiger partial charge in [0, 0.05) is 11.8 Å². The highest BCUT2D eigenvalue weighted by molar-refractivity contribution is 5.90. The molecule has 2 N–H and O–H groups in total. The number of carbonyl (C=O) groups is 3. The minimum Gasteiger partial charge on any atom is -0.452 e. The minimum atomic E-state index is -1.34. The molecule has 0 saturated carbocycles. The normalized spacial score (nSPS) is 24.1. The van der Waals surface area contributed by atoms with Crippen molar-refractivity contribution >= 4 is 17.8 Å². The topological polar surface area (TPSA) is 160 Å². The third kappa shape index (κ3) is 5.86. The lowest BCUT2D eigenvalue weighted by Gasteiger charge is -2.43. The summed E-state index contributed by atoms with van der Waals surface area (Å²) in [7, 11) is 0. The molecule has 3 rings (SSSR count). The molecule has 2 aromatic rings. The van der Waals surface area contributed by atoms with Crippen LogP contribution in [0.2, 0.25) is 0 Å². The van der Waals surface area contributed by atoms with Crippen LogP contribution in [0.4, 0.5) is 0 Å². The number of azide groups is 1. The van der Waals surface area contributed by atoms with Gasteiger partial charge in [0.05, 0.1) is 17.7 Å². The van der Waals surface area contributed by atoms with Gasteiger partial charge in [-0.25, -0.2) is 9.59 Å². The molecular weight excluding hydrogens is 432 g/mol. The van der Waals surface area contributed by atoms with Crippen LogP contribution < -0.4 is 5.32 Å². The highest BCUT2D eigenvalue weighted by Crippen LogP contribution is 2.28. The van der Waals surface area contributed by atoms with Gasteiger partial charge in [-0.3, -0.25) is 4.79 Å². The Morgan fingerprint density at radius 3 is 1.97 bits per heavy atom. The van der Waals surface area contributed by atoms with Crippen molar-refractivity contribution in [1.82, 2.24) is 5.32 Å². The molecule has 1 fully saturated rings. The lowest BCUT2D eigenvalue weighted by Crippen LogP contribution is -2.65. The Bertz CT molecular complexity index is 1030. The smallest absolute Gasteiger partial charge is 0.338 e. The van der Waals surface area contributed by atoms with Crippen LogP contribution in [0, 0.1) is 0 Å². The first kappa shape index (κ1) is 23.7. The van der Waals surface area contributed by atoms with Gasteiger partial charge in [0.25, 0.3) is 0 Å². The van der Waals surface area contributed by atoms with Crippen LogP contribution in [-0.4, -0.2) is 60.1 Å². The monoisotopic (exact) mass is 454 g/mol. The van der Waals surface area contributed by atoms with E-state index in [-0.39, 0.29) is 11.1 Å². The summed E-state index contributed by atoms with van der Waals surface area (Å²) in [6.45, 7) is 0.572. The van der Waals surface area contributed by atoms with E-state index in [0.29, 0.717) is 0 Å². The quantitative estimate of drug-likeness (QED) is 0.280. The summed E-state index contributed by atoms with van der Waals surface area (Å²) in [4.78, 5) is 40.1. The van der Waals surface area contributed by atoms with E-state index in [1.54, 1.807) is 36.4 Å². The van der Waals surface area contributed by atoms with Crippen molar-refractivity contribution < 1.29 is 33.7 Å². The van der Waals surface area contributed by atoms with E-state index in [0.717, 1.165) is 0 Å². The lowest BCUT2D eigenvalue weighted by molar-refractivity contribution is -0.194. The number of hydrogen-bond donors (Lipinski definition) is 2. The summed E-state index contributed by atoms with van der Waals surface area (Å²) in [5.74, 6) is -2.06. The highest BCUT2D eigenvalue weighted by Gasteiger charge is 2.50. The second-order valence-corrected chi connectivity index (χ2v) is 7.15. The average molecular weight is 454 g/mol. The fourth-order valence-corrected chi connectivity index (χ4v) is 3.42. The maximum absolute atomic E-state index is 12.8. The van der Waals surface area contributed by atoms with Gasteiger partial charge in [-0.15, -0.1) is 0 Å². The fraction of sp³-hybridized carbons (Fsp3) is 0.318. The van der Waals surface area contributed by atoms with Crippen molar-refractivity contribution in [3.05, 3.63) is 82.2 Å². The zero-order valence-corrected chi connectivity index (χ0v) is 17.6. The molecule has 1 aliphatic rings. The van der Waals surface area contributed by atoms with Crippen molar-refractivity contribution in [2.75, 3.05) is 6.61 Å². The number of esters is 2. The number of benzene rings is 2. The van der Waals surface area contributed by atoms with E-state index in [1.807, 2.05) is 0 Å². The molecule has 0 radical (unpaired) electrons. The second-order valence-electron chi connectivity index (χ2n) is 7.15. The molecule has 0 aliphatic carbocycles. The maximum Gasteiger partial charge on any atom is 0.338 e. The number of aliphatic hydroxyl groups is 1. The molecule has 33 heavy (non-hydrogen) atoms. The van der Waals surface area contributed by atoms with E-state index < -0.39 is 55.0 Å². The molecule has 0 aromatic heterocycles. The summed E-state index contributed by atoms with van der Waals surface area (Å²) in [5.41, 5.74) is 9.37. The standard InChI is InChI=1S/C22H22N4O7/c1-13(28)24-17-19(33-22(30)15-10-6-3-7-11-15)18(16(12-27)31-20(17)25-26-23)32-21(29)14-8-4-2-5-9-14/h2-11,16-20,27H,12H2,1H3,(H,24,28)/t16-,17-,18-,19-,20-/m1/s1. The van der Waals surface area contributed by atoms with Gasteiger partial charge in [-0.1, -0.05) is 41.5 Å². The average Bonchev–Trinajstić information content (AvgIpc) is 2.83. The Labute approximate surface area is 188 Å². The molecule has 1 heterocycles. The molecule has 0 spiro atoms. The molecule has 0 unspecified atom stereocenters. The number of nitrogens with zero attached hydrogens (tertiary/aromatic N) is 3. The minimum absolute atomic E-state index is 0.208. The lowest BCUT2D eigenvalue weighted by atomic mass is 9.95. The molecule has 1 aliphatic heterocycles. The van der Waals surface area contributed by atoms with Crippen molar-refractivity contribution in [2.45, 2.75) is 37.5 Å². The number of nitrogens with one attached hydrogen (secondary N) is 1. The number of aliphatic hydroxyl groups excluding tert-OH is 1. The first-order valence-electron chi connectivity index (χ1n) is 10.0. The zero-order valence-electron chi connectivity index (χ0n) is 17.6. The predicted molar refractivity (Wildman–Crippen MR) is 114 cm³/mol. The molecule has 1 amide bonds. The van der Waals surface area contributed by atoms with Crippen LogP contribution in [0.5, 0.6) is 0 Å². The first-order chi connectivity index (χ1) is 15.9. The van der Waals surface area contributed by atoms with E-state index in [9.17, 15) is 19.5 Å². The summed E-state index contributed by atoms with van der Waals surface area (Å²) in [5, 5.41) is 15.9. The third-order valence-corrected chi connectivity index (χ3v) is 4.89. The van der Waals surface area contributed by atoms with Crippen molar-refractivity contribution in [2.24, 2.45) is 5.11 Å². The Morgan fingerprint density at radius 1 is 1.00 bits per heavy atom. The Morgan fingerprint density at radius 2 is 1.52 bits per heavy atom. The predicted octanol–water partition coefficient (Wildman–Crippen LogP) is 1.97. The summed E-state index contributed by atoms with van der Waals surface area (Å²) in [6.07, 6.45) is -5.20. The number of amides is 1. The Hall–Kier alpha value is -3.92. The molecular formula is C22H22N4O7. The van der Waals surface area contributed by atoms with Gasteiger partial charge in [0.2, 0.25) is 5.91 Å². The number of hydrogen-bond acceptors (Lipinski definition) is 8. The van der Waals surface area contributed by atoms with Crippen LogP contribution in [0.15, 0.2) is 65.8 Å².